The number of aryl methyl sites for hydroxylation is 1. The summed E-state index contributed by atoms with van der Waals surface area (Å²) in [5.41, 5.74) is 1.45. The van der Waals surface area contributed by atoms with E-state index in [2.05, 4.69) is 9.44 Å². The Morgan fingerprint density at radius 1 is 1.10 bits per heavy atom. The van der Waals surface area contributed by atoms with E-state index in [0.29, 0.717) is 35.7 Å². The van der Waals surface area contributed by atoms with Crippen LogP contribution in [0.25, 0.3) is 0 Å². The summed E-state index contributed by atoms with van der Waals surface area (Å²) in [4.78, 5) is 0. The largest absolute Gasteiger partial charge is 0.284 e. The van der Waals surface area contributed by atoms with Gasteiger partial charge in [-0.1, -0.05) is 0 Å². The second-order valence-corrected chi connectivity index (χ2v) is 8.69. The molecule has 6 nitrogen and oxygen atoms in total. The Hall–Kier alpha value is -0.990. The monoisotopic (exact) mass is 354 g/mol. The highest BCUT2D eigenvalue weighted by atomic mass is 35.5. The number of alkyl halides is 1. The van der Waals surface area contributed by atoms with Crippen molar-refractivity contribution in [1.29, 1.82) is 0 Å². The SMILES string of the molecule is Cc1cc(NS(=O)(=O)CCCCCl)ccc1NS(C)(=O)=O. The maximum atomic E-state index is 11.8. The van der Waals surface area contributed by atoms with Crippen LogP contribution in [0.15, 0.2) is 18.2 Å². The van der Waals surface area contributed by atoms with Gasteiger partial charge in [-0.25, -0.2) is 16.8 Å². The number of anilines is 2. The van der Waals surface area contributed by atoms with E-state index in [9.17, 15) is 16.8 Å². The molecule has 0 aliphatic carbocycles. The molecule has 0 heterocycles. The summed E-state index contributed by atoms with van der Waals surface area (Å²) in [5.74, 6) is 0.433. The Bertz CT molecular complexity index is 687. The van der Waals surface area contributed by atoms with Crippen molar-refractivity contribution in [2.24, 2.45) is 0 Å². The van der Waals surface area contributed by atoms with E-state index in [-0.39, 0.29) is 5.75 Å². The fourth-order valence-electron chi connectivity index (χ4n) is 1.66. The number of benzene rings is 1. The van der Waals surface area contributed by atoms with Crippen LogP contribution in [0.5, 0.6) is 0 Å². The van der Waals surface area contributed by atoms with Crippen LogP contribution in [-0.2, 0) is 20.0 Å². The van der Waals surface area contributed by atoms with E-state index >= 15 is 0 Å². The van der Waals surface area contributed by atoms with E-state index in [1.807, 2.05) is 0 Å². The zero-order valence-electron chi connectivity index (χ0n) is 11.9. The lowest BCUT2D eigenvalue weighted by Crippen LogP contribution is -2.17. The second kappa shape index (κ2) is 7.33. The fraction of sp³-hybridized carbons (Fsp3) is 0.500. The molecular formula is C12H19ClN2O4S2. The first kappa shape index (κ1) is 18.1. The summed E-state index contributed by atoms with van der Waals surface area (Å²) in [7, 11) is -6.78. The molecule has 0 aliphatic rings. The third kappa shape index (κ3) is 7.01. The van der Waals surface area contributed by atoms with Crippen molar-refractivity contribution in [3.8, 4) is 0 Å². The van der Waals surface area contributed by atoms with Gasteiger partial charge in [-0.15, -0.1) is 11.6 Å². The van der Waals surface area contributed by atoms with E-state index < -0.39 is 20.0 Å². The molecule has 2 N–H and O–H groups in total. The molecule has 21 heavy (non-hydrogen) atoms. The molecule has 0 saturated carbocycles. The Kier molecular flexibility index (Phi) is 6.30. The lowest BCUT2D eigenvalue weighted by molar-refractivity contribution is 0.597. The minimum atomic E-state index is -3.42. The summed E-state index contributed by atoms with van der Waals surface area (Å²) in [6, 6.07) is 4.61. The molecule has 1 aromatic rings. The summed E-state index contributed by atoms with van der Waals surface area (Å²) < 4.78 is 50.8. The Morgan fingerprint density at radius 2 is 1.76 bits per heavy atom. The van der Waals surface area contributed by atoms with Gasteiger partial charge in [0.1, 0.15) is 0 Å². The van der Waals surface area contributed by atoms with Gasteiger partial charge in [-0.05, 0) is 43.5 Å². The normalized spacial score (nSPS) is 12.1. The van der Waals surface area contributed by atoms with Crippen molar-refractivity contribution in [3.05, 3.63) is 23.8 Å². The molecule has 0 aliphatic heterocycles. The van der Waals surface area contributed by atoms with Gasteiger partial charge in [0.15, 0.2) is 0 Å². The van der Waals surface area contributed by atoms with Crippen molar-refractivity contribution < 1.29 is 16.8 Å². The third-order valence-electron chi connectivity index (χ3n) is 2.59. The van der Waals surface area contributed by atoms with E-state index in [4.69, 9.17) is 11.6 Å². The Balaban J connectivity index is 2.80. The molecule has 0 fully saturated rings. The molecule has 1 rings (SSSR count). The maximum Gasteiger partial charge on any atom is 0.232 e. The zero-order chi connectivity index (χ0) is 16.1. The molecule has 0 amide bonds. The smallest absolute Gasteiger partial charge is 0.232 e. The van der Waals surface area contributed by atoms with Crippen LogP contribution in [0.3, 0.4) is 0 Å². The molecule has 0 saturated heterocycles. The number of rotatable bonds is 8. The number of unbranched alkanes of at least 4 members (excludes halogenated alkanes) is 1. The highest BCUT2D eigenvalue weighted by Crippen LogP contribution is 2.21. The van der Waals surface area contributed by atoms with E-state index in [0.717, 1.165) is 6.26 Å². The molecule has 0 unspecified atom stereocenters. The minimum Gasteiger partial charge on any atom is -0.284 e. The van der Waals surface area contributed by atoms with Gasteiger partial charge >= 0.3 is 0 Å². The third-order valence-corrected chi connectivity index (χ3v) is 4.82. The van der Waals surface area contributed by atoms with Crippen LogP contribution in [0.4, 0.5) is 11.4 Å². The Morgan fingerprint density at radius 3 is 2.29 bits per heavy atom. The molecule has 9 heteroatoms. The van der Waals surface area contributed by atoms with Crippen LogP contribution in [-0.4, -0.2) is 34.7 Å². The average molecular weight is 355 g/mol. The minimum absolute atomic E-state index is 0.00209. The topological polar surface area (TPSA) is 92.3 Å². The zero-order valence-corrected chi connectivity index (χ0v) is 14.3. The molecule has 0 radical (unpaired) electrons. The molecule has 0 bridgehead atoms. The van der Waals surface area contributed by atoms with Crippen molar-refractivity contribution >= 4 is 43.0 Å². The van der Waals surface area contributed by atoms with Gasteiger partial charge in [0.25, 0.3) is 0 Å². The number of nitrogens with one attached hydrogen (secondary N) is 2. The predicted octanol–water partition coefficient (Wildman–Crippen LogP) is 2.13. The molecular weight excluding hydrogens is 336 g/mol. The van der Waals surface area contributed by atoms with Crippen molar-refractivity contribution in [2.45, 2.75) is 19.8 Å². The van der Waals surface area contributed by atoms with Gasteiger partial charge < -0.3 is 0 Å². The molecule has 1 aromatic carbocycles. The van der Waals surface area contributed by atoms with E-state index in [1.54, 1.807) is 13.0 Å². The Labute approximate surface area is 131 Å². The molecule has 120 valence electrons. The summed E-state index contributed by atoms with van der Waals surface area (Å²) >= 11 is 5.51. The maximum absolute atomic E-state index is 11.8. The number of sulfonamides is 2. The first-order valence-electron chi connectivity index (χ1n) is 6.28. The lowest BCUT2D eigenvalue weighted by atomic mass is 10.2. The number of halogens is 1. The molecule has 0 spiro atoms. The van der Waals surface area contributed by atoms with Crippen LogP contribution in [0.2, 0.25) is 0 Å². The lowest BCUT2D eigenvalue weighted by Gasteiger charge is -2.11. The van der Waals surface area contributed by atoms with Crippen molar-refractivity contribution in [1.82, 2.24) is 0 Å². The van der Waals surface area contributed by atoms with Crippen LogP contribution < -0.4 is 9.44 Å². The van der Waals surface area contributed by atoms with Crippen molar-refractivity contribution in [3.63, 3.8) is 0 Å². The van der Waals surface area contributed by atoms with Gasteiger partial charge in [0.05, 0.1) is 17.7 Å². The number of hydrogen-bond donors (Lipinski definition) is 2. The van der Waals surface area contributed by atoms with Gasteiger partial charge in [-0.3, -0.25) is 9.44 Å². The van der Waals surface area contributed by atoms with Crippen LogP contribution in [0, 0.1) is 6.92 Å². The first-order chi connectivity index (χ1) is 9.63. The number of hydrogen-bond acceptors (Lipinski definition) is 4. The van der Waals surface area contributed by atoms with Crippen LogP contribution in [0.1, 0.15) is 18.4 Å². The standard InChI is InChI=1S/C12H19ClN2O4S2/c1-10-9-11(5-6-12(10)15-20(2,16)17)14-21(18,19)8-4-3-7-13/h5-6,9,14-15H,3-4,7-8H2,1-2H3. The second-order valence-electron chi connectivity index (χ2n) is 4.72. The van der Waals surface area contributed by atoms with E-state index in [1.165, 1.54) is 12.1 Å². The fourth-order valence-corrected chi connectivity index (χ4v) is 3.65. The first-order valence-corrected chi connectivity index (χ1v) is 10.4. The summed E-state index contributed by atoms with van der Waals surface area (Å²) in [6.45, 7) is 1.69. The van der Waals surface area contributed by atoms with Gasteiger partial charge in [0.2, 0.25) is 20.0 Å². The summed E-state index contributed by atoms with van der Waals surface area (Å²) in [6.07, 6.45) is 2.18. The molecule has 0 atom stereocenters. The highest BCUT2D eigenvalue weighted by Gasteiger charge is 2.11. The van der Waals surface area contributed by atoms with Crippen LogP contribution >= 0.6 is 11.6 Å². The van der Waals surface area contributed by atoms with Gasteiger partial charge in [-0.2, -0.15) is 0 Å². The van der Waals surface area contributed by atoms with Crippen molar-refractivity contribution in [2.75, 3.05) is 27.3 Å². The highest BCUT2D eigenvalue weighted by molar-refractivity contribution is 7.92. The molecule has 0 aromatic heterocycles. The average Bonchev–Trinajstić information content (AvgIpc) is 2.31. The summed E-state index contributed by atoms with van der Waals surface area (Å²) in [5, 5.41) is 0. The predicted molar refractivity (Wildman–Crippen MR) is 87.0 cm³/mol. The quantitative estimate of drug-likeness (QED) is 0.552. The van der Waals surface area contributed by atoms with Gasteiger partial charge in [0, 0.05) is 11.6 Å².